The van der Waals surface area contributed by atoms with E-state index in [4.69, 9.17) is 11.6 Å². The van der Waals surface area contributed by atoms with Crippen molar-refractivity contribution in [1.29, 1.82) is 0 Å². The van der Waals surface area contributed by atoms with Crippen LogP contribution in [0.25, 0.3) is 0 Å². The number of nitrogens with one attached hydrogen (secondary N) is 1. The lowest BCUT2D eigenvalue weighted by Crippen LogP contribution is -2.28. The van der Waals surface area contributed by atoms with Gasteiger partial charge >= 0.3 is 0 Å². The lowest BCUT2D eigenvalue weighted by Gasteiger charge is -2.17. The minimum absolute atomic E-state index is 0.0230. The average molecular weight is 329 g/mol. The van der Waals surface area contributed by atoms with Crippen LogP contribution in [0, 0.1) is 12.8 Å². The predicted octanol–water partition coefficient (Wildman–Crippen LogP) is 3.64. The molecule has 0 saturated carbocycles. The second-order valence-corrected chi connectivity index (χ2v) is 6.17. The summed E-state index contributed by atoms with van der Waals surface area (Å²) in [5, 5.41) is 3.45. The monoisotopic (exact) mass is 328 g/mol. The number of amides is 2. The van der Waals surface area contributed by atoms with Crippen LogP contribution in [0.1, 0.15) is 12.0 Å². The largest absolute Gasteiger partial charge is 0.326 e. The highest BCUT2D eigenvalue weighted by Crippen LogP contribution is 2.26. The normalized spacial score (nSPS) is 17.4. The summed E-state index contributed by atoms with van der Waals surface area (Å²) >= 11 is 5.83. The van der Waals surface area contributed by atoms with Gasteiger partial charge in [-0.15, -0.1) is 0 Å². The van der Waals surface area contributed by atoms with E-state index in [-0.39, 0.29) is 24.2 Å². The first-order valence-electron chi connectivity index (χ1n) is 7.46. The molecule has 2 aromatic carbocycles. The number of anilines is 2. The number of carbonyl (C=O) groups excluding carboxylic acids is 2. The summed E-state index contributed by atoms with van der Waals surface area (Å²) in [7, 11) is 0. The third-order valence-corrected chi connectivity index (χ3v) is 4.21. The Labute approximate surface area is 140 Å². The second kappa shape index (κ2) is 6.42. The molecule has 4 nitrogen and oxygen atoms in total. The summed E-state index contributed by atoms with van der Waals surface area (Å²) in [6, 6.07) is 14.7. The topological polar surface area (TPSA) is 49.4 Å². The maximum absolute atomic E-state index is 12.4. The molecule has 2 aromatic rings. The summed E-state index contributed by atoms with van der Waals surface area (Å²) < 4.78 is 0. The molecule has 23 heavy (non-hydrogen) atoms. The van der Waals surface area contributed by atoms with Gasteiger partial charge in [0.1, 0.15) is 0 Å². The van der Waals surface area contributed by atoms with E-state index < -0.39 is 0 Å². The Morgan fingerprint density at radius 1 is 1.13 bits per heavy atom. The number of rotatable bonds is 3. The van der Waals surface area contributed by atoms with E-state index in [1.54, 1.807) is 29.2 Å². The third kappa shape index (κ3) is 3.54. The van der Waals surface area contributed by atoms with E-state index in [2.05, 4.69) is 5.32 Å². The molecule has 1 atom stereocenters. The summed E-state index contributed by atoms with van der Waals surface area (Å²) in [5.74, 6) is -0.514. The van der Waals surface area contributed by atoms with Gasteiger partial charge in [0.25, 0.3) is 0 Å². The zero-order valence-electron chi connectivity index (χ0n) is 12.8. The second-order valence-electron chi connectivity index (χ2n) is 5.74. The molecule has 0 bridgehead atoms. The fourth-order valence-corrected chi connectivity index (χ4v) is 2.76. The molecule has 1 fully saturated rings. The first kappa shape index (κ1) is 15.6. The lowest BCUT2D eigenvalue weighted by atomic mass is 10.1. The van der Waals surface area contributed by atoms with Crippen molar-refractivity contribution in [3.05, 3.63) is 59.1 Å². The van der Waals surface area contributed by atoms with Gasteiger partial charge in [0.15, 0.2) is 0 Å². The van der Waals surface area contributed by atoms with Gasteiger partial charge < -0.3 is 10.2 Å². The van der Waals surface area contributed by atoms with Crippen molar-refractivity contribution in [3.63, 3.8) is 0 Å². The van der Waals surface area contributed by atoms with Gasteiger partial charge in [-0.1, -0.05) is 29.3 Å². The van der Waals surface area contributed by atoms with Crippen LogP contribution in [-0.2, 0) is 9.59 Å². The molecule has 0 unspecified atom stereocenters. The van der Waals surface area contributed by atoms with Gasteiger partial charge in [-0.25, -0.2) is 0 Å². The molecular formula is C18H17ClN2O2. The maximum Gasteiger partial charge on any atom is 0.229 e. The average Bonchev–Trinajstić information content (AvgIpc) is 2.92. The Balaban J connectivity index is 1.68. The summed E-state index contributed by atoms with van der Waals surface area (Å²) in [4.78, 5) is 26.2. The molecule has 1 aliphatic heterocycles. The van der Waals surface area contributed by atoms with E-state index in [1.807, 2.05) is 31.2 Å². The van der Waals surface area contributed by atoms with Crippen molar-refractivity contribution < 1.29 is 9.59 Å². The molecular weight excluding hydrogens is 312 g/mol. The summed E-state index contributed by atoms with van der Waals surface area (Å²) in [5.41, 5.74) is 2.65. The van der Waals surface area contributed by atoms with Gasteiger partial charge in [-0.3, -0.25) is 9.59 Å². The van der Waals surface area contributed by atoms with Crippen molar-refractivity contribution in [1.82, 2.24) is 0 Å². The van der Waals surface area contributed by atoms with Crippen LogP contribution in [0.4, 0.5) is 11.4 Å². The molecule has 2 amide bonds. The van der Waals surface area contributed by atoms with Crippen LogP contribution in [0.2, 0.25) is 5.02 Å². The van der Waals surface area contributed by atoms with Crippen molar-refractivity contribution in [2.24, 2.45) is 5.92 Å². The minimum atomic E-state index is -0.348. The van der Waals surface area contributed by atoms with Crippen molar-refractivity contribution in [2.45, 2.75) is 13.3 Å². The standard InChI is InChI=1S/C18H17ClN2O2/c1-12-2-8-16(9-3-12)21-11-13(10-17(21)22)18(23)20-15-6-4-14(19)5-7-15/h2-9,13H,10-11H2,1H3,(H,20,23)/t13-/m0/s1. The van der Waals surface area contributed by atoms with Crippen LogP contribution in [0.3, 0.4) is 0 Å². The van der Waals surface area contributed by atoms with Crippen molar-refractivity contribution in [3.8, 4) is 0 Å². The number of carbonyl (C=O) groups is 2. The molecule has 0 aliphatic carbocycles. The Morgan fingerprint density at radius 3 is 2.43 bits per heavy atom. The predicted molar refractivity (Wildman–Crippen MR) is 91.7 cm³/mol. The van der Waals surface area contributed by atoms with Crippen LogP contribution < -0.4 is 10.2 Å². The third-order valence-electron chi connectivity index (χ3n) is 3.95. The van der Waals surface area contributed by atoms with Crippen molar-refractivity contribution >= 4 is 34.8 Å². The molecule has 1 heterocycles. The number of nitrogens with zero attached hydrogens (tertiary/aromatic N) is 1. The molecule has 3 rings (SSSR count). The van der Waals surface area contributed by atoms with E-state index >= 15 is 0 Å². The van der Waals surface area contributed by atoms with E-state index in [0.717, 1.165) is 11.3 Å². The van der Waals surface area contributed by atoms with E-state index in [0.29, 0.717) is 17.3 Å². The van der Waals surface area contributed by atoms with E-state index in [1.165, 1.54) is 0 Å². The van der Waals surface area contributed by atoms with Crippen LogP contribution in [0.15, 0.2) is 48.5 Å². The highest BCUT2D eigenvalue weighted by molar-refractivity contribution is 6.30. The Morgan fingerprint density at radius 2 is 1.78 bits per heavy atom. The fraction of sp³-hybridized carbons (Fsp3) is 0.222. The van der Waals surface area contributed by atoms with Crippen molar-refractivity contribution in [2.75, 3.05) is 16.8 Å². The molecule has 1 saturated heterocycles. The number of hydrogen-bond acceptors (Lipinski definition) is 2. The quantitative estimate of drug-likeness (QED) is 0.935. The smallest absolute Gasteiger partial charge is 0.229 e. The van der Waals surface area contributed by atoms with Gasteiger partial charge in [-0.05, 0) is 43.3 Å². The number of halogens is 1. The van der Waals surface area contributed by atoms with Gasteiger partial charge in [-0.2, -0.15) is 0 Å². The van der Waals surface area contributed by atoms with Crippen LogP contribution in [-0.4, -0.2) is 18.4 Å². The highest BCUT2D eigenvalue weighted by Gasteiger charge is 2.35. The first-order chi connectivity index (χ1) is 11.0. The molecule has 0 spiro atoms. The minimum Gasteiger partial charge on any atom is -0.326 e. The van der Waals surface area contributed by atoms with Gasteiger partial charge in [0.2, 0.25) is 11.8 Å². The Kier molecular flexibility index (Phi) is 4.35. The Hall–Kier alpha value is -2.33. The number of benzene rings is 2. The van der Waals surface area contributed by atoms with E-state index in [9.17, 15) is 9.59 Å². The zero-order chi connectivity index (χ0) is 16.4. The van der Waals surface area contributed by atoms with Crippen LogP contribution in [0.5, 0.6) is 0 Å². The Bertz CT molecular complexity index is 726. The molecule has 0 radical (unpaired) electrons. The maximum atomic E-state index is 12.4. The van der Waals surface area contributed by atoms with Gasteiger partial charge in [0.05, 0.1) is 5.92 Å². The summed E-state index contributed by atoms with van der Waals surface area (Å²) in [6.07, 6.45) is 0.229. The van der Waals surface area contributed by atoms with Crippen LogP contribution >= 0.6 is 11.6 Å². The molecule has 0 aromatic heterocycles. The SMILES string of the molecule is Cc1ccc(N2C[C@@H](C(=O)Nc3ccc(Cl)cc3)CC2=O)cc1. The number of hydrogen-bond donors (Lipinski definition) is 1. The number of aryl methyl sites for hydroxylation is 1. The fourth-order valence-electron chi connectivity index (χ4n) is 2.63. The highest BCUT2D eigenvalue weighted by atomic mass is 35.5. The molecule has 118 valence electrons. The lowest BCUT2D eigenvalue weighted by molar-refractivity contribution is -0.122. The van der Waals surface area contributed by atoms with Gasteiger partial charge in [0, 0.05) is 29.4 Å². The zero-order valence-corrected chi connectivity index (χ0v) is 13.5. The molecule has 1 aliphatic rings. The molecule has 5 heteroatoms. The summed E-state index contributed by atoms with van der Waals surface area (Å²) in [6.45, 7) is 2.40. The molecule has 1 N–H and O–H groups in total. The first-order valence-corrected chi connectivity index (χ1v) is 7.84.